The second-order valence-electron chi connectivity index (χ2n) is 6.53. The van der Waals surface area contributed by atoms with E-state index in [9.17, 15) is 21.6 Å². The third kappa shape index (κ3) is 5.78. The molecule has 1 aromatic rings. The molecule has 0 aliphatic carbocycles. The van der Waals surface area contributed by atoms with Crippen LogP contribution < -0.4 is 4.74 Å². The summed E-state index contributed by atoms with van der Waals surface area (Å²) in [6.45, 7) is 0.922. The maximum absolute atomic E-state index is 12.5. The van der Waals surface area contributed by atoms with Crippen molar-refractivity contribution >= 4 is 16.2 Å². The van der Waals surface area contributed by atoms with Gasteiger partial charge in [0.1, 0.15) is 12.2 Å². The van der Waals surface area contributed by atoms with Crippen molar-refractivity contribution < 1.29 is 41.0 Å². The second kappa shape index (κ2) is 9.24. The summed E-state index contributed by atoms with van der Waals surface area (Å²) in [5.74, 6) is -2.27. The number of fused-ring (bicyclic) bond motifs is 1. The van der Waals surface area contributed by atoms with E-state index in [1.807, 2.05) is 12.1 Å². The number of halogens is 3. The van der Waals surface area contributed by atoms with Gasteiger partial charge in [0, 0.05) is 33.0 Å². The molecule has 0 spiro atoms. The summed E-state index contributed by atoms with van der Waals surface area (Å²) in [5.41, 5.74) is 0. The van der Waals surface area contributed by atoms with Gasteiger partial charge in [0.05, 0.1) is 12.6 Å². The molecule has 1 N–H and O–H groups in total. The lowest BCUT2D eigenvalue weighted by Crippen LogP contribution is -2.47. The van der Waals surface area contributed by atoms with Gasteiger partial charge in [0.25, 0.3) is 10.2 Å². The standard InChI is InChI=1S/C14H21N3O4S.C2HF3O2/c1-16(2)22(18,19)17-10-12(14-11(17)6-5-9-20-14)21-13-7-3-4-8-15-13;3-2(4,5)1(6)7/h3-4,7-8,11-12,14H,5-6,9-10H2,1-2H3;(H,6,7)/t11-,12-,14+;/m1./s1. The van der Waals surface area contributed by atoms with Crippen molar-refractivity contribution in [2.45, 2.75) is 37.3 Å². The van der Waals surface area contributed by atoms with Crippen LogP contribution in [0.15, 0.2) is 24.4 Å². The Morgan fingerprint density at radius 1 is 1.38 bits per heavy atom. The van der Waals surface area contributed by atoms with Crippen LogP contribution in [0.4, 0.5) is 13.2 Å². The van der Waals surface area contributed by atoms with Crippen molar-refractivity contribution in [2.24, 2.45) is 0 Å². The van der Waals surface area contributed by atoms with E-state index in [1.165, 1.54) is 8.61 Å². The van der Waals surface area contributed by atoms with Gasteiger partial charge in [0.2, 0.25) is 5.88 Å². The number of alkyl halides is 3. The minimum atomic E-state index is -5.08. The predicted molar refractivity (Wildman–Crippen MR) is 94.4 cm³/mol. The number of carboxylic acids is 1. The molecular weight excluding hydrogens is 419 g/mol. The normalized spacial score (nSPS) is 25.1. The zero-order valence-electron chi connectivity index (χ0n) is 15.7. The Kier molecular flexibility index (Phi) is 7.43. The number of pyridine rings is 1. The lowest BCUT2D eigenvalue weighted by Gasteiger charge is -2.32. The fourth-order valence-corrected chi connectivity index (χ4v) is 4.34. The fourth-order valence-electron chi connectivity index (χ4n) is 3.02. The van der Waals surface area contributed by atoms with E-state index in [-0.39, 0.29) is 24.8 Å². The molecule has 2 saturated heterocycles. The monoisotopic (exact) mass is 441 g/mol. The molecule has 13 heteroatoms. The fraction of sp³-hybridized carbons (Fsp3) is 0.625. The van der Waals surface area contributed by atoms with Crippen molar-refractivity contribution in [1.29, 1.82) is 0 Å². The van der Waals surface area contributed by atoms with Crippen LogP contribution in [-0.4, -0.2) is 84.8 Å². The second-order valence-corrected chi connectivity index (χ2v) is 8.63. The number of nitrogens with zero attached hydrogens (tertiary/aromatic N) is 3. The zero-order chi connectivity index (χ0) is 21.8. The molecule has 2 aliphatic rings. The lowest BCUT2D eigenvalue weighted by atomic mass is 10.0. The molecule has 3 rings (SSSR count). The van der Waals surface area contributed by atoms with Gasteiger partial charge in [-0.05, 0) is 18.9 Å². The number of ether oxygens (including phenoxy) is 2. The Morgan fingerprint density at radius 3 is 2.55 bits per heavy atom. The SMILES string of the molecule is CN(C)S(=O)(=O)N1C[C@@H](Oc2ccccn2)[C@H]2OCCC[C@H]21.O=C(O)C(F)(F)F. The summed E-state index contributed by atoms with van der Waals surface area (Å²) < 4.78 is 71.2. The number of hydrogen-bond acceptors (Lipinski definition) is 6. The highest BCUT2D eigenvalue weighted by molar-refractivity contribution is 7.86. The van der Waals surface area contributed by atoms with Crippen LogP contribution in [0.3, 0.4) is 0 Å². The van der Waals surface area contributed by atoms with Gasteiger partial charge in [-0.1, -0.05) is 6.07 Å². The topological polar surface area (TPSA) is 109 Å². The van der Waals surface area contributed by atoms with E-state index >= 15 is 0 Å². The Morgan fingerprint density at radius 2 is 2.03 bits per heavy atom. The van der Waals surface area contributed by atoms with Gasteiger partial charge in [0.15, 0.2) is 0 Å². The van der Waals surface area contributed by atoms with Crippen LogP contribution in [0.5, 0.6) is 5.88 Å². The first-order valence-electron chi connectivity index (χ1n) is 8.63. The van der Waals surface area contributed by atoms with Crippen LogP contribution in [0.25, 0.3) is 0 Å². The number of carboxylic acid groups (broad SMARTS) is 1. The summed E-state index contributed by atoms with van der Waals surface area (Å²) in [6, 6.07) is 5.24. The quantitative estimate of drug-likeness (QED) is 0.746. The highest BCUT2D eigenvalue weighted by Crippen LogP contribution is 2.33. The Labute approximate surface area is 166 Å². The average Bonchev–Trinajstić information content (AvgIpc) is 3.01. The highest BCUT2D eigenvalue weighted by Gasteiger charge is 2.50. The van der Waals surface area contributed by atoms with Crippen molar-refractivity contribution in [3.63, 3.8) is 0 Å². The summed E-state index contributed by atoms with van der Waals surface area (Å²) in [5, 5.41) is 7.12. The van der Waals surface area contributed by atoms with E-state index in [0.717, 1.165) is 12.8 Å². The van der Waals surface area contributed by atoms with Gasteiger partial charge in [-0.2, -0.15) is 30.2 Å². The molecule has 0 bridgehead atoms. The van der Waals surface area contributed by atoms with E-state index in [2.05, 4.69) is 4.98 Å². The van der Waals surface area contributed by atoms with Crippen molar-refractivity contribution in [3.05, 3.63) is 24.4 Å². The molecule has 0 amide bonds. The molecule has 0 aromatic carbocycles. The number of hydrogen-bond donors (Lipinski definition) is 1. The Hall–Kier alpha value is -1.96. The largest absolute Gasteiger partial charge is 0.490 e. The number of carbonyl (C=O) groups is 1. The van der Waals surface area contributed by atoms with Crippen LogP contribution in [0, 0.1) is 0 Å². The third-order valence-corrected chi connectivity index (χ3v) is 6.28. The maximum atomic E-state index is 12.5. The Bertz CT molecular complexity index is 791. The third-order valence-electron chi connectivity index (χ3n) is 4.34. The van der Waals surface area contributed by atoms with Crippen molar-refractivity contribution in [1.82, 2.24) is 13.6 Å². The predicted octanol–water partition coefficient (Wildman–Crippen LogP) is 1.13. The smallest absolute Gasteiger partial charge is 0.475 e. The van der Waals surface area contributed by atoms with Gasteiger partial charge in [-0.3, -0.25) is 0 Å². The highest BCUT2D eigenvalue weighted by atomic mass is 32.2. The molecule has 164 valence electrons. The van der Waals surface area contributed by atoms with E-state index in [0.29, 0.717) is 12.5 Å². The summed E-state index contributed by atoms with van der Waals surface area (Å²) in [6.07, 6.45) is -2.37. The van der Waals surface area contributed by atoms with E-state index in [1.54, 1.807) is 26.4 Å². The molecule has 0 radical (unpaired) electrons. The van der Waals surface area contributed by atoms with Crippen molar-refractivity contribution in [2.75, 3.05) is 27.2 Å². The number of aliphatic carboxylic acids is 1. The van der Waals surface area contributed by atoms with Crippen molar-refractivity contribution in [3.8, 4) is 5.88 Å². The first-order chi connectivity index (χ1) is 13.4. The average molecular weight is 441 g/mol. The molecule has 9 nitrogen and oxygen atoms in total. The first-order valence-corrected chi connectivity index (χ1v) is 10.0. The zero-order valence-corrected chi connectivity index (χ0v) is 16.6. The summed E-state index contributed by atoms with van der Waals surface area (Å²) in [7, 11) is -0.401. The lowest BCUT2D eigenvalue weighted by molar-refractivity contribution is -0.192. The summed E-state index contributed by atoms with van der Waals surface area (Å²) in [4.78, 5) is 13.0. The molecule has 2 aliphatic heterocycles. The minimum Gasteiger partial charge on any atom is -0.475 e. The molecule has 3 heterocycles. The molecule has 29 heavy (non-hydrogen) atoms. The van der Waals surface area contributed by atoms with Gasteiger partial charge >= 0.3 is 12.1 Å². The van der Waals surface area contributed by atoms with Gasteiger partial charge in [-0.15, -0.1) is 0 Å². The van der Waals surface area contributed by atoms with E-state index in [4.69, 9.17) is 19.4 Å². The molecular formula is C16H22F3N3O6S. The molecule has 2 fully saturated rings. The van der Waals surface area contributed by atoms with Gasteiger partial charge < -0.3 is 14.6 Å². The van der Waals surface area contributed by atoms with Crippen LogP contribution in [-0.2, 0) is 19.7 Å². The Balaban J connectivity index is 0.000000370. The molecule has 0 unspecified atom stereocenters. The van der Waals surface area contributed by atoms with Crippen LogP contribution in [0.1, 0.15) is 12.8 Å². The first kappa shape index (κ1) is 23.3. The summed E-state index contributed by atoms with van der Waals surface area (Å²) >= 11 is 0. The maximum Gasteiger partial charge on any atom is 0.490 e. The number of rotatable bonds is 4. The van der Waals surface area contributed by atoms with Gasteiger partial charge in [-0.25, -0.2) is 9.78 Å². The molecule has 0 saturated carbocycles. The molecule has 3 atom stereocenters. The van der Waals surface area contributed by atoms with Crippen LogP contribution >= 0.6 is 0 Å². The number of aromatic nitrogens is 1. The molecule has 1 aromatic heterocycles. The van der Waals surface area contributed by atoms with E-state index < -0.39 is 22.4 Å². The van der Waals surface area contributed by atoms with Crippen LogP contribution in [0.2, 0.25) is 0 Å². The minimum absolute atomic E-state index is 0.171.